The SMILES string of the molecule is CC(C)(C)NCC1CCN(C2CCOC(C)(C)C2)C1. The number of nitrogens with one attached hydrogen (secondary N) is 1. The molecule has 0 saturated carbocycles. The Labute approximate surface area is 119 Å². The van der Waals surface area contributed by atoms with Crippen molar-refractivity contribution in [3.05, 3.63) is 0 Å². The van der Waals surface area contributed by atoms with Crippen molar-refractivity contribution in [3.63, 3.8) is 0 Å². The van der Waals surface area contributed by atoms with Gasteiger partial charge in [0, 0.05) is 24.7 Å². The van der Waals surface area contributed by atoms with Crippen LogP contribution in [0.15, 0.2) is 0 Å². The standard InChI is InChI=1S/C16H32N2O/c1-15(2,3)17-11-13-6-8-18(12-13)14-7-9-19-16(4,5)10-14/h13-14,17H,6-12H2,1-5H3. The molecule has 2 saturated heterocycles. The largest absolute Gasteiger partial charge is 0.375 e. The monoisotopic (exact) mass is 268 g/mol. The highest BCUT2D eigenvalue weighted by molar-refractivity contribution is 4.89. The normalized spacial score (nSPS) is 32.7. The third-order valence-corrected chi connectivity index (χ3v) is 4.43. The number of ether oxygens (including phenoxy) is 1. The van der Waals surface area contributed by atoms with E-state index in [1.807, 2.05) is 0 Å². The van der Waals surface area contributed by atoms with Crippen LogP contribution in [0.25, 0.3) is 0 Å². The van der Waals surface area contributed by atoms with Gasteiger partial charge < -0.3 is 10.1 Å². The fourth-order valence-electron chi connectivity index (χ4n) is 3.32. The third-order valence-electron chi connectivity index (χ3n) is 4.43. The molecule has 2 unspecified atom stereocenters. The van der Waals surface area contributed by atoms with Crippen LogP contribution < -0.4 is 5.32 Å². The average Bonchev–Trinajstić information content (AvgIpc) is 2.72. The van der Waals surface area contributed by atoms with E-state index in [4.69, 9.17) is 4.74 Å². The van der Waals surface area contributed by atoms with Gasteiger partial charge in [0.25, 0.3) is 0 Å². The van der Waals surface area contributed by atoms with Crippen molar-refractivity contribution in [1.82, 2.24) is 10.2 Å². The van der Waals surface area contributed by atoms with Crippen molar-refractivity contribution >= 4 is 0 Å². The van der Waals surface area contributed by atoms with Crippen molar-refractivity contribution in [1.29, 1.82) is 0 Å². The van der Waals surface area contributed by atoms with Crippen molar-refractivity contribution in [2.75, 3.05) is 26.2 Å². The Kier molecular flexibility index (Phi) is 4.59. The summed E-state index contributed by atoms with van der Waals surface area (Å²) in [4.78, 5) is 2.71. The number of nitrogens with zero attached hydrogens (tertiary/aromatic N) is 1. The minimum Gasteiger partial charge on any atom is -0.375 e. The second-order valence-electron chi connectivity index (χ2n) is 8.04. The van der Waals surface area contributed by atoms with Crippen LogP contribution in [0.3, 0.4) is 0 Å². The van der Waals surface area contributed by atoms with Crippen LogP contribution in [0.2, 0.25) is 0 Å². The van der Waals surface area contributed by atoms with E-state index in [1.165, 1.54) is 32.4 Å². The molecule has 2 heterocycles. The molecule has 3 nitrogen and oxygen atoms in total. The molecule has 2 aliphatic rings. The summed E-state index contributed by atoms with van der Waals surface area (Å²) in [6.45, 7) is 15.8. The summed E-state index contributed by atoms with van der Waals surface area (Å²) in [5.41, 5.74) is 0.318. The Morgan fingerprint density at radius 2 is 2.00 bits per heavy atom. The molecule has 2 aliphatic heterocycles. The average molecular weight is 268 g/mol. The maximum absolute atomic E-state index is 5.84. The van der Waals surface area contributed by atoms with E-state index in [2.05, 4.69) is 44.8 Å². The Balaban J connectivity index is 1.78. The maximum atomic E-state index is 5.84. The number of hydrogen-bond donors (Lipinski definition) is 1. The van der Waals surface area contributed by atoms with Crippen molar-refractivity contribution in [2.24, 2.45) is 5.92 Å². The minimum absolute atomic E-state index is 0.0741. The van der Waals surface area contributed by atoms with E-state index >= 15 is 0 Å². The van der Waals surface area contributed by atoms with Gasteiger partial charge in [0.15, 0.2) is 0 Å². The summed E-state index contributed by atoms with van der Waals surface area (Å²) in [5.74, 6) is 0.824. The van der Waals surface area contributed by atoms with Gasteiger partial charge in [-0.25, -0.2) is 0 Å². The molecule has 0 bridgehead atoms. The first-order valence-electron chi connectivity index (χ1n) is 7.88. The third kappa shape index (κ3) is 4.73. The van der Waals surface area contributed by atoms with Crippen LogP contribution in [0.1, 0.15) is 53.9 Å². The van der Waals surface area contributed by atoms with Crippen LogP contribution in [-0.4, -0.2) is 48.3 Å². The van der Waals surface area contributed by atoms with Crippen LogP contribution >= 0.6 is 0 Å². The summed E-state index contributed by atoms with van der Waals surface area (Å²) >= 11 is 0. The molecule has 2 fully saturated rings. The van der Waals surface area contributed by atoms with Crippen molar-refractivity contribution in [2.45, 2.75) is 71.1 Å². The molecule has 0 aliphatic carbocycles. The number of likely N-dealkylation sites (tertiary alicyclic amines) is 1. The van der Waals surface area contributed by atoms with Gasteiger partial charge in [-0.3, -0.25) is 4.90 Å². The van der Waals surface area contributed by atoms with Gasteiger partial charge in [-0.2, -0.15) is 0 Å². The molecular formula is C16H32N2O. The predicted molar refractivity (Wildman–Crippen MR) is 80.5 cm³/mol. The molecule has 0 aromatic rings. The Bertz CT molecular complexity index is 296. The summed E-state index contributed by atoms with van der Waals surface area (Å²) < 4.78 is 5.84. The smallest absolute Gasteiger partial charge is 0.0641 e. The molecule has 0 amide bonds. The maximum Gasteiger partial charge on any atom is 0.0641 e. The summed E-state index contributed by atoms with van der Waals surface area (Å²) in [7, 11) is 0. The van der Waals surface area contributed by atoms with Gasteiger partial charge in [0.2, 0.25) is 0 Å². The highest BCUT2D eigenvalue weighted by Crippen LogP contribution is 2.30. The zero-order valence-corrected chi connectivity index (χ0v) is 13.5. The van der Waals surface area contributed by atoms with E-state index in [0.717, 1.165) is 25.1 Å². The van der Waals surface area contributed by atoms with E-state index in [0.29, 0.717) is 0 Å². The fourth-order valence-corrected chi connectivity index (χ4v) is 3.32. The molecular weight excluding hydrogens is 236 g/mol. The van der Waals surface area contributed by atoms with Crippen LogP contribution in [0.4, 0.5) is 0 Å². The molecule has 19 heavy (non-hydrogen) atoms. The van der Waals surface area contributed by atoms with Crippen LogP contribution in [-0.2, 0) is 4.74 Å². The van der Waals surface area contributed by atoms with Gasteiger partial charge in [-0.1, -0.05) is 0 Å². The second-order valence-corrected chi connectivity index (χ2v) is 8.04. The lowest BCUT2D eigenvalue weighted by atomic mass is 9.93. The highest BCUT2D eigenvalue weighted by Gasteiger charge is 2.35. The van der Waals surface area contributed by atoms with Gasteiger partial charge in [-0.05, 0) is 72.9 Å². The van der Waals surface area contributed by atoms with Crippen LogP contribution in [0.5, 0.6) is 0 Å². The molecule has 0 spiro atoms. The van der Waals surface area contributed by atoms with E-state index in [1.54, 1.807) is 0 Å². The molecule has 0 aromatic heterocycles. The van der Waals surface area contributed by atoms with Crippen molar-refractivity contribution < 1.29 is 4.74 Å². The number of rotatable bonds is 3. The molecule has 2 rings (SSSR count). The zero-order valence-electron chi connectivity index (χ0n) is 13.5. The second kappa shape index (κ2) is 5.71. The molecule has 0 radical (unpaired) electrons. The van der Waals surface area contributed by atoms with Gasteiger partial charge in [0.1, 0.15) is 0 Å². The molecule has 2 atom stereocenters. The first-order valence-corrected chi connectivity index (χ1v) is 7.88. The van der Waals surface area contributed by atoms with Crippen molar-refractivity contribution in [3.8, 4) is 0 Å². The summed E-state index contributed by atoms with van der Waals surface area (Å²) in [5, 5.41) is 3.65. The lowest BCUT2D eigenvalue weighted by Gasteiger charge is -2.40. The Hall–Kier alpha value is -0.120. The molecule has 3 heteroatoms. The first kappa shape index (κ1) is 15.3. The topological polar surface area (TPSA) is 24.5 Å². The minimum atomic E-state index is 0.0741. The quantitative estimate of drug-likeness (QED) is 0.851. The molecule has 1 N–H and O–H groups in total. The van der Waals surface area contributed by atoms with Crippen LogP contribution in [0, 0.1) is 5.92 Å². The molecule has 0 aromatic carbocycles. The van der Waals surface area contributed by atoms with E-state index in [-0.39, 0.29) is 11.1 Å². The van der Waals surface area contributed by atoms with E-state index < -0.39 is 0 Å². The fraction of sp³-hybridized carbons (Fsp3) is 1.00. The van der Waals surface area contributed by atoms with Gasteiger partial charge in [0.05, 0.1) is 5.60 Å². The summed E-state index contributed by atoms with van der Waals surface area (Å²) in [6, 6.07) is 0.739. The Morgan fingerprint density at radius 3 is 2.63 bits per heavy atom. The first-order chi connectivity index (χ1) is 8.75. The van der Waals surface area contributed by atoms with E-state index in [9.17, 15) is 0 Å². The lowest BCUT2D eigenvalue weighted by molar-refractivity contribution is -0.0806. The zero-order chi connectivity index (χ0) is 14.1. The Morgan fingerprint density at radius 1 is 1.26 bits per heavy atom. The van der Waals surface area contributed by atoms with Gasteiger partial charge >= 0.3 is 0 Å². The summed E-state index contributed by atoms with van der Waals surface area (Å²) in [6.07, 6.45) is 3.75. The van der Waals surface area contributed by atoms with Gasteiger partial charge in [-0.15, -0.1) is 0 Å². The highest BCUT2D eigenvalue weighted by atomic mass is 16.5. The molecule has 112 valence electrons. The predicted octanol–water partition coefficient (Wildman–Crippen LogP) is 2.65. The number of hydrogen-bond acceptors (Lipinski definition) is 3. The lowest BCUT2D eigenvalue weighted by Crippen LogP contribution is -2.45.